The van der Waals surface area contributed by atoms with E-state index in [1.54, 1.807) is 0 Å². The van der Waals surface area contributed by atoms with Gasteiger partial charge in [0.15, 0.2) is 11.6 Å². The summed E-state index contributed by atoms with van der Waals surface area (Å²) in [6.45, 7) is 0. The van der Waals surface area contributed by atoms with Gasteiger partial charge in [-0.2, -0.15) is 9.97 Å². The second-order valence-corrected chi connectivity index (χ2v) is 15.1. The molecule has 13 rings (SSSR count). The number of nitrogens with zero attached hydrogens (tertiary/aromatic N) is 4. The summed E-state index contributed by atoms with van der Waals surface area (Å²) >= 11 is 0. The Morgan fingerprint density at radius 2 is 0.915 bits per heavy atom. The highest BCUT2D eigenvalue weighted by molar-refractivity contribution is 6.36. The van der Waals surface area contributed by atoms with Gasteiger partial charge in [-0.05, 0) is 63.7 Å². The summed E-state index contributed by atoms with van der Waals surface area (Å²) in [6, 6.07) is 63.1. The van der Waals surface area contributed by atoms with Gasteiger partial charge in [-0.1, -0.05) is 146 Å². The maximum atomic E-state index is 6.84. The van der Waals surface area contributed by atoms with Crippen molar-refractivity contribution in [1.29, 1.82) is 0 Å². The first-order valence-electron chi connectivity index (χ1n) is 19.8. The van der Waals surface area contributed by atoms with Gasteiger partial charge in [0.2, 0.25) is 5.95 Å². The van der Waals surface area contributed by atoms with E-state index < -0.39 is 0 Å². The molecule has 13 aromatic rings. The van der Waals surface area contributed by atoms with E-state index in [1.807, 2.05) is 30.3 Å². The normalized spacial score (nSPS) is 12.1. The first kappa shape index (κ1) is 32.0. The number of para-hydroxylation sites is 2. The topological polar surface area (TPSA) is 69.9 Å². The summed E-state index contributed by atoms with van der Waals surface area (Å²) < 4.78 is 15.4. The molecule has 0 amide bonds. The quantitative estimate of drug-likeness (QED) is 0.167. The van der Waals surface area contributed by atoms with E-state index >= 15 is 0 Å². The van der Waals surface area contributed by atoms with Gasteiger partial charge in [0.1, 0.15) is 22.3 Å². The molecule has 0 aliphatic carbocycles. The molecule has 0 unspecified atom stereocenters. The Hall–Kier alpha value is -8.09. The van der Waals surface area contributed by atoms with Crippen molar-refractivity contribution in [3.8, 4) is 39.9 Å². The summed E-state index contributed by atoms with van der Waals surface area (Å²) in [7, 11) is 0. The molecule has 0 aliphatic heterocycles. The van der Waals surface area contributed by atoms with Gasteiger partial charge in [0.05, 0.1) is 11.0 Å². The van der Waals surface area contributed by atoms with E-state index in [9.17, 15) is 0 Å². The fraction of sp³-hybridized carbons (Fsp3) is 0. The van der Waals surface area contributed by atoms with E-state index in [1.165, 1.54) is 10.8 Å². The predicted molar refractivity (Wildman–Crippen MR) is 240 cm³/mol. The Morgan fingerprint density at radius 3 is 1.73 bits per heavy atom. The largest absolute Gasteiger partial charge is 0.456 e. The SMILES string of the molecule is c1ccc(-c2ccc(-c3nc(-c4ccc5c(c4)oc4ccccc45)nc(-n4c5ccccc5c5c6c(ccc54)oc4c5ccccc5c5ccccc5c46)n3)cc2)cc1. The lowest BCUT2D eigenvalue weighted by molar-refractivity contribution is 0.669. The zero-order valence-electron chi connectivity index (χ0n) is 31.4. The first-order chi connectivity index (χ1) is 29.2. The van der Waals surface area contributed by atoms with Crippen molar-refractivity contribution in [2.45, 2.75) is 0 Å². The molecule has 0 atom stereocenters. The molecule has 0 radical (unpaired) electrons. The highest BCUT2D eigenvalue weighted by atomic mass is 16.3. The average molecular weight is 755 g/mol. The van der Waals surface area contributed by atoms with Crippen LogP contribution < -0.4 is 0 Å². The van der Waals surface area contributed by atoms with E-state index in [0.29, 0.717) is 17.6 Å². The molecule has 4 heterocycles. The Balaban J connectivity index is 1.10. The third-order valence-electron chi connectivity index (χ3n) is 11.9. The lowest BCUT2D eigenvalue weighted by atomic mass is 9.95. The van der Waals surface area contributed by atoms with Crippen molar-refractivity contribution in [2.24, 2.45) is 0 Å². The van der Waals surface area contributed by atoms with Crippen LogP contribution in [-0.4, -0.2) is 19.5 Å². The summed E-state index contributed by atoms with van der Waals surface area (Å²) in [5, 5.41) is 11.1. The van der Waals surface area contributed by atoms with E-state index in [0.717, 1.165) is 98.7 Å². The second-order valence-electron chi connectivity index (χ2n) is 15.1. The third-order valence-corrected chi connectivity index (χ3v) is 11.9. The van der Waals surface area contributed by atoms with Crippen molar-refractivity contribution in [3.63, 3.8) is 0 Å². The van der Waals surface area contributed by atoms with Gasteiger partial charge in [-0.15, -0.1) is 0 Å². The standard InChI is InChI=1S/C53H30N4O2/c1-2-12-31(13-3-1)32-22-24-33(25-23-32)51-54-52(34-26-27-38-37-16-9-11-21-44(37)58-46(38)30-34)56-53(55-51)57-42-20-10-8-19-41(42)47-43(57)28-29-45-49(47)48-39-17-6-4-14-35(39)36-15-5-7-18-40(36)50(48)59-45/h1-30H. The molecule has 0 N–H and O–H groups in total. The van der Waals surface area contributed by atoms with Gasteiger partial charge < -0.3 is 8.83 Å². The average Bonchev–Trinajstić information content (AvgIpc) is 3.99. The molecule has 6 nitrogen and oxygen atoms in total. The lowest BCUT2D eigenvalue weighted by Crippen LogP contribution is -2.06. The van der Waals surface area contributed by atoms with Gasteiger partial charge >= 0.3 is 0 Å². The zero-order valence-corrected chi connectivity index (χ0v) is 31.4. The van der Waals surface area contributed by atoms with Crippen LogP contribution in [0, 0.1) is 0 Å². The highest BCUT2D eigenvalue weighted by Gasteiger charge is 2.24. The van der Waals surface area contributed by atoms with Crippen molar-refractivity contribution >= 4 is 87.2 Å². The Labute approximate surface area is 336 Å². The van der Waals surface area contributed by atoms with E-state index in [-0.39, 0.29) is 0 Å². The maximum absolute atomic E-state index is 6.84. The molecule has 0 saturated carbocycles. The van der Waals surface area contributed by atoms with Gasteiger partial charge in [0, 0.05) is 48.8 Å². The van der Waals surface area contributed by atoms with Gasteiger partial charge in [0.25, 0.3) is 0 Å². The van der Waals surface area contributed by atoms with Crippen LogP contribution in [0.5, 0.6) is 0 Å². The van der Waals surface area contributed by atoms with Crippen LogP contribution in [0.1, 0.15) is 0 Å². The number of hydrogen-bond acceptors (Lipinski definition) is 5. The molecule has 6 heteroatoms. The summed E-state index contributed by atoms with van der Waals surface area (Å²) in [5.74, 6) is 1.65. The van der Waals surface area contributed by atoms with Crippen molar-refractivity contribution in [3.05, 3.63) is 182 Å². The number of furan rings is 2. The maximum Gasteiger partial charge on any atom is 0.238 e. The monoisotopic (exact) mass is 754 g/mol. The molecule has 0 spiro atoms. The molecule has 274 valence electrons. The van der Waals surface area contributed by atoms with Crippen LogP contribution in [0.15, 0.2) is 191 Å². The van der Waals surface area contributed by atoms with Crippen LogP contribution in [0.25, 0.3) is 127 Å². The molecule has 59 heavy (non-hydrogen) atoms. The van der Waals surface area contributed by atoms with E-state index in [2.05, 4.69) is 156 Å². The van der Waals surface area contributed by atoms with Crippen LogP contribution >= 0.6 is 0 Å². The summed E-state index contributed by atoms with van der Waals surface area (Å²) in [4.78, 5) is 15.7. The Morgan fingerprint density at radius 1 is 0.322 bits per heavy atom. The fourth-order valence-electron chi connectivity index (χ4n) is 9.19. The minimum absolute atomic E-state index is 0.524. The van der Waals surface area contributed by atoms with Gasteiger partial charge in [-0.25, -0.2) is 4.98 Å². The molecule has 0 aliphatic rings. The molecule has 4 aromatic heterocycles. The van der Waals surface area contributed by atoms with Gasteiger partial charge in [-0.3, -0.25) is 4.57 Å². The third kappa shape index (κ3) is 4.71. The van der Waals surface area contributed by atoms with Crippen LogP contribution in [0.3, 0.4) is 0 Å². The van der Waals surface area contributed by atoms with Crippen molar-refractivity contribution < 1.29 is 8.83 Å². The molecule has 9 aromatic carbocycles. The summed E-state index contributed by atoms with van der Waals surface area (Å²) in [5.41, 5.74) is 9.34. The molecular weight excluding hydrogens is 725 g/mol. The predicted octanol–water partition coefficient (Wildman–Crippen LogP) is 14.1. The second kappa shape index (κ2) is 12.2. The Kier molecular flexibility index (Phi) is 6.63. The first-order valence-corrected chi connectivity index (χ1v) is 19.8. The van der Waals surface area contributed by atoms with Crippen LogP contribution in [0.4, 0.5) is 0 Å². The number of aromatic nitrogens is 4. The molecule has 0 fully saturated rings. The number of fused-ring (bicyclic) bond motifs is 15. The molecular formula is C53H30N4O2. The number of hydrogen-bond donors (Lipinski definition) is 0. The smallest absolute Gasteiger partial charge is 0.238 e. The number of rotatable bonds is 4. The molecule has 0 bridgehead atoms. The Bertz CT molecular complexity index is 3840. The van der Waals surface area contributed by atoms with Crippen LogP contribution in [-0.2, 0) is 0 Å². The minimum atomic E-state index is 0.524. The van der Waals surface area contributed by atoms with Crippen molar-refractivity contribution in [1.82, 2.24) is 19.5 Å². The fourth-order valence-corrected chi connectivity index (χ4v) is 9.19. The zero-order chi connectivity index (χ0) is 38.6. The van der Waals surface area contributed by atoms with Crippen LogP contribution in [0.2, 0.25) is 0 Å². The summed E-state index contributed by atoms with van der Waals surface area (Å²) in [6.07, 6.45) is 0. The molecule has 0 saturated heterocycles. The highest BCUT2D eigenvalue weighted by Crippen LogP contribution is 2.46. The minimum Gasteiger partial charge on any atom is -0.456 e. The number of benzene rings is 9. The van der Waals surface area contributed by atoms with Crippen molar-refractivity contribution in [2.75, 3.05) is 0 Å². The lowest BCUT2D eigenvalue weighted by Gasteiger charge is -2.11. The van der Waals surface area contributed by atoms with E-state index in [4.69, 9.17) is 23.8 Å².